The number of hydrogen-bond acceptors (Lipinski definition) is 3. The Morgan fingerprint density at radius 1 is 0.583 bits per heavy atom. The van der Waals surface area contributed by atoms with Gasteiger partial charge in [0.25, 0.3) is 0 Å². The Kier molecular flexibility index (Phi) is 4.51. The zero-order valence-electron chi connectivity index (χ0n) is 20.1. The average molecular weight is 466 g/mol. The van der Waals surface area contributed by atoms with Crippen molar-refractivity contribution < 1.29 is 0 Å². The van der Waals surface area contributed by atoms with Gasteiger partial charge in [0.2, 0.25) is 0 Å². The van der Waals surface area contributed by atoms with Crippen LogP contribution < -0.4 is 0 Å². The molecule has 0 radical (unpaired) electrons. The van der Waals surface area contributed by atoms with E-state index in [1.165, 1.54) is 56.6 Å². The fourth-order valence-electron chi connectivity index (χ4n) is 5.37. The second-order valence-electron chi connectivity index (χ2n) is 9.14. The predicted octanol–water partition coefficient (Wildman–Crippen LogP) is 7.20. The third kappa shape index (κ3) is 2.93. The number of aromatic nitrogens is 5. The molecule has 0 fully saturated rings. The van der Waals surface area contributed by atoms with E-state index in [1.54, 1.807) is 0 Å². The van der Waals surface area contributed by atoms with Gasteiger partial charge in [-0.1, -0.05) is 60.7 Å². The van der Waals surface area contributed by atoms with Crippen molar-refractivity contribution in [1.82, 2.24) is 24.1 Å². The maximum absolute atomic E-state index is 4.38. The number of para-hydroxylation sites is 2. The Bertz CT molecular complexity index is 1900. The van der Waals surface area contributed by atoms with Crippen molar-refractivity contribution in [2.24, 2.45) is 0 Å². The lowest BCUT2D eigenvalue weighted by Gasteiger charge is -2.12. The van der Waals surface area contributed by atoms with Crippen molar-refractivity contribution in [2.45, 2.75) is 13.8 Å². The highest BCUT2D eigenvalue weighted by molar-refractivity contribution is 6.20. The van der Waals surface area contributed by atoms with Gasteiger partial charge in [-0.05, 0) is 55.3 Å². The summed E-state index contributed by atoms with van der Waals surface area (Å²) in [5.41, 5.74) is 10.6. The number of benzene rings is 4. The van der Waals surface area contributed by atoms with Crippen molar-refractivity contribution in [3.8, 4) is 22.8 Å². The monoisotopic (exact) mass is 465 g/mol. The first-order chi connectivity index (χ1) is 17.7. The van der Waals surface area contributed by atoms with Gasteiger partial charge in [0.1, 0.15) is 12.7 Å². The average Bonchev–Trinajstić information content (AvgIpc) is 3.45. The van der Waals surface area contributed by atoms with Crippen LogP contribution >= 0.6 is 0 Å². The Labute approximate surface area is 208 Å². The molecule has 0 saturated heterocycles. The fourth-order valence-corrected chi connectivity index (χ4v) is 5.37. The quantitative estimate of drug-likeness (QED) is 0.277. The summed E-state index contributed by atoms with van der Waals surface area (Å²) >= 11 is 0. The molecule has 0 N–H and O–H groups in total. The van der Waals surface area contributed by atoms with Crippen LogP contribution in [-0.2, 0) is 0 Å². The number of nitrogens with zero attached hydrogens (tertiary/aromatic N) is 5. The van der Waals surface area contributed by atoms with E-state index in [0.29, 0.717) is 5.82 Å². The molecule has 3 aromatic heterocycles. The van der Waals surface area contributed by atoms with E-state index in [1.807, 2.05) is 6.07 Å². The Hall–Kier alpha value is -4.77. The van der Waals surface area contributed by atoms with Crippen LogP contribution in [-0.4, -0.2) is 24.1 Å². The molecule has 172 valence electrons. The first-order valence-electron chi connectivity index (χ1n) is 12.0. The van der Waals surface area contributed by atoms with Gasteiger partial charge in [0, 0.05) is 27.7 Å². The number of fused-ring (bicyclic) bond motifs is 5. The summed E-state index contributed by atoms with van der Waals surface area (Å²) in [5, 5.41) is 2.45. The summed E-state index contributed by atoms with van der Waals surface area (Å²) in [6.45, 7) is 4.41. The molecule has 4 aromatic carbocycles. The number of rotatable bonds is 3. The molecular weight excluding hydrogens is 442 g/mol. The molecule has 7 aromatic rings. The first kappa shape index (κ1) is 20.6. The molecule has 36 heavy (non-hydrogen) atoms. The van der Waals surface area contributed by atoms with E-state index < -0.39 is 0 Å². The van der Waals surface area contributed by atoms with Crippen LogP contribution in [0.4, 0.5) is 0 Å². The molecule has 0 aliphatic rings. The van der Waals surface area contributed by atoms with Gasteiger partial charge in [0.15, 0.2) is 5.82 Å². The smallest absolute Gasteiger partial charge is 0.162 e. The second-order valence-corrected chi connectivity index (χ2v) is 9.14. The van der Waals surface area contributed by atoms with Gasteiger partial charge in [-0.3, -0.25) is 0 Å². The van der Waals surface area contributed by atoms with Crippen LogP contribution in [0.5, 0.6) is 0 Å². The number of aryl methyl sites for hydroxylation is 2. The van der Waals surface area contributed by atoms with Crippen LogP contribution in [0.1, 0.15) is 11.1 Å². The van der Waals surface area contributed by atoms with Gasteiger partial charge in [-0.2, -0.15) is 0 Å². The first-order valence-corrected chi connectivity index (χ1v) is 12.0. The zero-order chi connectivity index (χ0) is 24.2. The highest BCUT2D eigenvalue weighted by Gasteiger charge is 2.23. The molecule has 3 heterocycles. The van der Waals surface area contributed by atoms with Crippen LogP contribution in [0.25, 0.3) is 55.6 Å². The molecule has 7 rings (SSSR count). The fraction of sp³-hybridized carbons (Fsp3) is 0.0645. The minimum absolute atomic E-state index is 0.665. The molecule has 5 nitrogen and oxygen atoms in total. The summed E-state index contributed by atoms with van der Waals surface area (Å²) in [5.74, 6) is 0.665. The van der Waals surface area contributed by atoms with Crippen LogP contribution in [0.2, 0.25) is 0 Å². The van der Waals surface area contributed by atoms with Gasteiger partial charge in [-0.15, -0.1) is 0 Å². The highest BCUT2D eigenvalue weighted by Crippen LogP contribution is 2.42. The van der Waals surface area contributed by atoms with E-state index in [0.717, 1.165) is 16.9 Å². The Morgan fingerprint density at radius 3 is 2.14 bits per heavy atom. The molecule has 0 atom stereocenters. The molecular formula is C31H23N5. The lowest BCUT2D eigenvalue weighted by atomic mass is 10.1. The van der Waals surface area contributed by atoms with Crippen molar-refractivity contribution in [3.05, 3.63) is 115 Å². The Balaban J connectivity index is 1.66. The standard InChI is InChI=1S/C31H23N5/c1-20-15-16-26-28(21(20)2)36(23-10-4-3-5-11-23)29-25-13-6-7-14-27(25)35(30(26)29)24-12-8-9-22(17-24)31-33-18-32-19-34-31/h3-19H,1-2H3. The molecule has 0 amide bonds. The lowest BCUT2D eigenvalue weighted by Crippen LogP contribution is -1.97. The van der Waals surface area contributed by atoms with E-state index in [-0.39, 0.29) is 0 Å². The van der Waals surface area contributed by atoms with Crippen molar-refractivity contribution >= 4 is 32.8 Å². The van der Waals surface area contributed by atoms with Gasteiger partial charge >= 0.3 is 0 Å². The summed E-state index contributed by atoms with van der Waals surface area (Å²) in [6.07, 6.45) is 3.08. The van der Waals surface area contributed by atoms with Crippen molar-refractivity contribution in [2.75, 3.05) is 0 Å². The molecule has 0 aliphatic carbocycles. The maximum Gasteiger partial charge on any atom is 0.162 e. The molecule has 0 unspecified atom stereocenters. The molecule has 0 bridgehead atoms. The Morgan fingerprint density at radius 2 is 1.31 bits per heavy atom. The van der Waals surface area contributed by atoms with Crippen LogP contribution in [0, 0.1) is 13.8 Å². The third-order valence-electron chi connectivity index (χ3n) is 7.12. The van der Waals surface area contributed by atoms with Crippen LogP contribution in [0.15, 0.2) is 104 Å². The zero-order valence-corrected chi connectivity index (χ0v) is 20.1. The third-order valence-corrected chi connectivity index (χ3v) is 7.12. The normalized spacial score (nSPS) is 11.6. The number of hydrogen-bond donors (Lipinski definition) is 0. The summed E-state index contributed by atoms with van der Waals surface area (Å²) in [4.78, 5) is 12.7. The lowest BCUT2D eigenvalue weighted by molar-refractivity contribution is 1.05. The maximum atomic E-state index is 4.38. The summed E-state index contributed by atoms with van der Waals surface area (Å²) < 4.78 is 4.81. The molecule has 0 spiro atoms. The molecule has 0 saturated carbocycles. The minimum atomic E-state index is 0.665. The largest absolute Gasteiger partial charge is 0.307 e. The van der Waals surface area contributed by atoms with E-state index >= 15 is 0 Å². The minimum Gasteiger partial charge on any atom is -0.307 e. The van der Waals surface area contributed by atoms with Gasteiger partial charge in [0.05, 0.1) is 22.1 Å². The van der Waals surface area contributed by atoms with Crippen molar-refractivity contribution in [3.63, 3.8) is 0 Å². The summed E-state index contributed by atoms with van der Waals surface area (Å²) in [6, 6.07) is 32.3. The molecule has 5 heteroatoms. The van der Waals surface area contributed by atoms with Crippen LogP contribution in [0.3, 0.4) is 0 Å². The van der Waals surface area contributed by atoms with E-state index in [4.69, 9.17) is 0 Å². The topological polar surface area (TPSA) is 48.5 Å². The SMILES string of the molecule is Cc1ccc2c(c1C)n(-c1ccccc1)c1c3ccccc3n(-c3cccc(-c4ncncn4)c3)c21. The van der Waals surface area contributed by atoms with Gasteiger partial charge < -0.3 is 9.13 Å². The molecule has 0 aliphatic heterocycles. The predicted molar refractivity (Wildman–Crippen MR) is 146 cm³/mol. The van der Waals surface area contributed by atoms with Gasteiger partial charge in [-0.25, -0.2) is 15.0 Å². The van der Waals surface area contributed by atoms with E-state index in [2.05, 4.69) is 123 Å². The van der Waals surface area contributed by atoms with Crippen molar-refractivity contribution in [1.29, 1.82) is 0 Å². The summed E-state index contributed by atoms with van der Waals surface area (Å²) in [7, 11) is 0. The second kappa shape index (κ2) is 7.89. The highest BCUT2D eigenvalue weighted by atomic mass is 15.1. The van der Waals surface area contributed by atoms with E-state index in [9.17, 15) is 0 Å².